The van der Waals surface area contributed by atoms with Crippen LogP contribution in [0, 0.1) is 16.0 Å². The van der Waals surface area contributed by atoms with Crippen molar-refractivity contribution in [1.29, 1.82) is 0 Å². The lowest BCUT2D eigenvalue weighted by molar-refractivity contribution is -0.384. The third-order valence-corrected chi connectivity index (χ3v) is 6.10. The van der Waals surface area contributed by atoms with Gasteiger partial charge in [0.1, 0.15) is 6.61 Å². The Morgan fingerprint density at radius 1 is 1.13 bits per heavy atom. The lowest BCUT2D eigenvalue weighted by Crippen LogP contribution is -2.32. The quantitative estimate of drug-likeness (QED) is 0.524. The lowest BCUT2D eigenvalue weighted by Gasteiger charge is -2.30. The highest BCUT2D eigenvalue weighted by Gasteiger charge is 2.27. The number of rotatable bonds is 7. The fraction of sp³-hybridized carbons (Fsp3) is 0.435. The van der Waals surface area contributed by atoms with Gasteiger partial charge in [0.15, 0.2) is 0 Å². The fourth-order valence-corrected chi connectivity index (χ4v) is 4.15. The van der Waals surface area contributed by atoms with Crippen molar-refractivity contribution in [3.05, 3.63) is 63.7 Å². The van der Waals surface area contributed by atoms with Gasteiger partial charge in [-0.15, -0.1) is 0 Å². The predicted molar refractivity (Wildman–Crippen MR) is 119 cm³/mol. The Morgan fingerprint density at radius 3 is 2.55 bits per heavy atom. The van der Waals surface area contributed by atoms with Gasteiger partial charge in [0, 0.05) is 25.2 Å². The van der Waals surface area contributed by atoms with Crippen LogP contribution in [0.4, 0.5) is 21.9 Å². The Morgan fingerprint density at radius 2 is 1.87 bits per heavy atom. The van der Waals surface area contributed by atoms with Crippen LogP contribution in [0.3, 0.4) is 0 Å². The molecule has 2 heterocycles. The van der Waals surface area contributed by atoms with Gasteiger partial charge in [-0.2, -0.15) is 0 Å². The third kappa shape index (κ3) is 4.96. The molecule has 8 nitrogen and oxygen atoms in total. The molecule has 0 bridgehead atoms. The second kappa shape index (κ2) is 9.34. The number of hydrogen-bond donors (Lipinski definition) is 1. The molecule has 31 heavy (non-hydrogen) atoms. The number of likely N-dealkylation sites (tertiary alicyclic amines) is 1. The third-order valence-electron chi connectivity index (χ3n) is 6.10. The molecule has 4 rings (SSSR count). The van der Waals surface area contributed by atoms with Crippen LogP contribution in [0.2, 0.25) is 0 Å². The zero-order valence-electron chi connectivity index (χ0n) is 17.8. The molecule has 2 fully saturated rings. The number of amides is 1. The van der Waals surface area contributed by atoms with Crippen LogP contribution in [0.5, 0.6) is 0 Å². The highest BCUT2D eigenvalue weighted by molar-refractivity contribution is 5.94. The first-order chi connectivity index (χ1) is 15.0. The number of carbonyl (C=O) groups excluding carboxylic acids is 1. The van der Waals surface area contributed by atoms with E-state index in [1.165, 1.54) is 41.0 Å². The van der Waals surface area contributed by atoms with Crippen LogP contribution in [-0.4, -0.2) is 42.2 Å². The topological polar surface area (TPSA) is 87.9 Å². The molecule has 1 N–H and O–H groups in total. The maximum absolute atomic E-state index is 12.1. The summed E-state index contributed by atoms with van der Waals surface area (Å²) < 4.78 is 5.03. The molecule has 164 valence electrons. The number of carbonyl (C=O) groups is 1. The number of nitrogens with zero attached hydrogens (tertiary/aromatic N) is 3. The molecule has 2 aromatic carbocycles. The van der Waals surface area contributed by atoms with Gasteiger partial charge in [-0.25, -0.2) is 4.79 Å². The summed E-state index contributed by atoms with van der Waals surface area (Å²) in [5, 5.41) is 14.6. The average Bonchev–Trinajstić information content (AvgIpc) is 3.20. The standard InChI is InChI=1S/C23H28N4O4/c1-17-8-10-25(11-9-17)16-19-5-3-2-4-18(19)15-24-21-7-6-20(27(29)30)14-22(21)26-12-13-31-23(26)28/h2-7,14,17,24H,8-13,15-16H2,1H3. The molecular weight excluding hydrogens is 396 g/mol. The first-order valence-corrected chi connectivity index (χ1v) is 10.8. The molecule has 2 aliphatic rings. The van der Waals surface area contributed by atoms with Crippen molar-refractivity contribution in [3.63, 3.8) is 0 Å². The number of hydrogen-bond acceptors (Lipinski definition) is 6. The fourth-order valence-electron chi connectivity index (χ4n) is 4.15. The smallest absolute Gasteiger partial charge is 0.414 e. The maximum atomic E-state index is 12.1. The number of nitrogens with one attached hydrogen (secondary N) is 1. The van der Waals surface area contributed by atoms with Crippen molar-refractivity contribution in [2.75, 3.05) is 36.5 Å². The van der Waals surface area contributed by atoms with Crippen molar-refractivity contribution in [2.45, 2.75) is 32.9 Å². The van der Waals surface area contributed by atoms with E-state index >= 15 is 0 Å². The zero-order chi connectivity index (χ0) is 21.8. The maximum Gasteiger partial charge on any atom is 0.414 e. The minimum Gasteiger partial charge on any atom is -0.447 e. The van der Waals surface area contributed by atoms with Crippen molar-refractivity contribution in [3.8, 4) is 0 Å². The van der Waals surface area contributed by atoms with Crippen molar-refractivity contribution >= 4 is 23.2 Å². The number of cyclic esters (lactones) is 1. The summed E-state index contributed by atoms with van der Waals surface area (Å²) in [5.74, 6) is 0.797. The summed E-state index contributed by atoms with van der Waals surface area (Å²) in [7, 11) is 0. The Labute approximate surface area is 181 Å². The van der Waals surface area contributed by atoms with Crippen molar-refractivity contribution in [1.82, 2.24) is 4.90 Å². The van der Waals surface area contributed by atoms with Gasteiger partial charge >= 0.3 is 6.09 Å². The molecule has 2 saturated heterocycles. The highest BCUT2D eigenvalue weighted by atomic mass is 16.6. The summed E-state index contributed by atoms with van der Waals surface area (Å²) in [4.78, 5) is 26.8. The second-order valence-electron chi connectivity index (χ2n) is 8.31. The molecule has 8 heteroatoms. The summed E-state index contributed by atoms with van der Waals surface area (Å²) in [6.45, 7) is 6.67. The first kappa shape index (κ1) is 21.1. The van der Waals surface area contributed by atoms with Crippen LogP contribution in [-0.2, 0) is 17.8 Å². The molecule has 1 amide bonds. The molecular formula is C23H28N4O4. The lowest BCUT2D eigenvalue weighted by atomic mass is 9.98. The van der Waals surface area contributed by atoms with E-state index in [1.54, 1.807) is 6.07 Å². The van der Waals surface area contributed by atoms with E-state index in [2.05, 4.69) is 35.3 Å². The normalized spacial score (nSPS) is 17.6. The number of nitro benzene ring substituents is 1. The molecule has 2 aromatic rings. The Hall–Kier alpha value is -3.13. The molecule has 0 aromatic heterocycles. The molecule has 2 aliphatic heterocycles. The molecule has 0 atom stereocenters. The van der Waals surface area contributed by atoms with Crippen LogP contribution in [0.15, 0.2) is 42.5 Å². The molecule has 0 unspecified atom stereocenters. The van der Waals surface area contributed by atoms with E-state index in [-0.39, 0.29) is 12.3 Å². The molecule has 0 saturated carbocycles. The van der Waals surface area contributed by atoms with Gasteiger partial charge in [-0.1, -0.05) is 31.2 Å². The number of piperidine rings is 1. The SMILES string of the molecule is CC1CCN(Cc2ccccc2CNc2ccc([N+](=O)[O-])cc2N2CCOC2=O)CC1. The van der Waals surface area contributed by atoms with Gasteiger partial charge < -0.3 is 10.1 Å². The summed E-state index contributed by atoms with van der Waals surface area (Å²) in [6.07, 6.45) is 1.99. The molecule has 0 radical (unpaired) electrons. The van der Waals surface area contributed by atoms with Crippen LogP contribution in [0.25, 0.3) is 0 Å². The minimum atomic E-state index is -0.483. The number of non-ortho nitro benzene ring substituents is 1. The number of anilines is 2. The monoisotopic (exact) mass is 424 g/mol. The second-order valence-corrected chi connectivity index (χ2v) is 8.31. The predicted octanol–water partition coefficient (Wildman–Crippen LogP) is 4.40. The summed E-state index contributed by atoms with van der Waals surface area (Å²) in [6, 6.07) is 12.9. The van der Waals surface area contributed by atoms with Gasteiger partial charge in [0.2, 0.25) is 0 Å². The number of nitro groups is 1. The highest BCUT2D eigenvalue weighted by Crippen LogP contribution is 2.33. The Kier molecular flexibility index (Phi) is 6.36. The number of ether oxygens (including phenoxy) is 1. The average molecular weight is 425 g/mol. The summed E-state index contributed by atoms with van der Waals surface area (Å²) in [5.41, 5.74) is 3.54. The van der Waals surface area contributed by atoms with Crippen LogP contribution >= 0.6 is 0 Å². The van der Waals surface area contributed by atoms with E-state index in [1.807, 2.05) is 6.07 Å². The first-order valence-electron chi connectivity index (χ1n) is 10.8. The van der Waals surface area contributed by atoms with E-state index in [0.717, 1.165) is 25.6 Å². The molecule has 0 spiro atoms. The van der Waals surface area contributed by atoms with E-state index < -0.39 is 11.0 Å². The largest absolute Gasteiger partial charge is 0.447 e. The van der Waals surface area contributed by atoms with E-state index in [4.69, 9.17) is 4.74 Å². The van der Waals surface area contributed by atoms with E-state index in [0.29, 0.717) is 24.5 Å². The van der Waals surface area contributed by atoms with Gasteiger partial charge in [0.25, 0.3) is 5.69 Å². The number of benzene rings is 2. The van der Waals surface area contributed by atoms with Crippen molar-refractivity contribution in [2.24, 2.45) is 5.92 Å². The summed E-state index contributed by atoms with van der Waals surface area (Å²) >= 11 is 0. The zero-order valence-corrected chi connectivity index (χ0v) is 17.8. The minimum absolute atomic E-state index is 0.0556. The van der Waals surface area contributed by atoms with Gasteiger partial charge in [-0.05, 0) is 49.0 Å². The van der Waals surface area contributed by atoms with Gasteiger partial charge in [-0.3, -0.25) is 19.9 Å². The molecule has 0 aliphatic carbocycles. The van der Waals surface area contributed by atoms with Gasteiger partial charge in [0.05, 0.1) is 22.8 Å². The van der Waals surface area contributed by atoms with Crippen LogP contribution in [0.1, 0.15) is 30.9 Å². The Balaban J connectivity index is 1.51. The van der Waals surface area contributed by atoms with Crippen LogP contribution < -0.4 is 10.2 Å². The Bertz CT molecular complexity index is 956. The van der Waals surface area contributed by atoms with E-state index in [9.17, 15) is 14.9 Å². The van der Waals surface area contributed by atoms with Crippen molar-refractivity contribution < 1.29 is 14.5 Å².